The highest BCUT2D eigenvalue weighted by atomic mass is 35.5. The summed E-state index contributed by atoms with van der Waals surface area (Å²) in [6, 6.07) is 19.2. The molecule has 1 amide bonds. The van der Waals surface area contributed by atoms with E-state index in [1.165, 1.54) is 28.8 Å². The van der Waals surface area contributed by atoms with Gasteiger partial charge in [0.2, 0.25) is 5.88 Å². The number of rotatable bonds is 12. The Morgan fingerprint density at radius 3 is 2.61 bits per heavy atom. The van der Waals surface area contributed by atoms with E-state index >= 15 is 0 Å². The smallest absolute Gasteiger partial charge is 0.293 e. The molecule has 9 rings (SSSR count). The van der Waals surface area contributed by atoms with Crippen molar-refractivity contribution in [2.45, 2.75) is 57.5 Å². The molecule has 0 radical (unpaired) electrons. The van der Waals surface area contributed by atoms with Gasteiger partial charge in [-0.25, -0.2) is 13.1 Å². The van der Waals surface area contributed by atoms with Gasteiger partial charge in [-0.1, -0.05) is 43.2 Å². The van der Waals surface area contributed by atoms with Crippen molar-refractivity contribution in [3.8, 4) is 5.88 Å². The van der Waals surface area contributed by atoms with Crippen LogP contribution in [0.1, 0.15) is 61.0 Å². The quantitative estimate of drug-likeness (QED) is 0.0807. The van der Waals surface area contributed by atoms with E-state index in [2.05, 4.69) is 57.7 Å². The minimum atomic E-state index is -4.60. The maximum Gasteiger partial charge on any atom is 0.293 e. The molecule has 18 heteroatoms. The summed E-state index contributed by atoms with van der Waals surface area (Å²) >= 11 is 6.44. The second kappa shape index (κ2) is 18.9. The number of benzene rings is 3. The van der Waals surface area contributed by atoms with Gasteiger partial charge in [0, 0.05) is 74.2 Å². The number of nitrogens with one attached hydrogen (secondary N) is 3. The van der Waals surface area contributed by atoms with Crippen LogP contribution in [0.3, 0.4) is 0 Å². The predicted molar refractivity (Wildman–Crippen MR) is 256 cm³/mol. The van der Waals surface area contributed by atoms with Crippen LogP contribution in [0.2, 0.25) is 5.02 Å². The van der Waals surface area contributed by atoms with E-state index in [1.54, 1.807) is 12.3 Å². The Morgan fingerprint density at radius 1 is 1.00 bits per heavy atom. The van der Waals surface area contributed by atoms with Crippen molar-refractivity contribution < 1.29 is 32.3 Å². The zero-order valence-corrected chi connectivity index (χ0v) is 39.0. The van der Waals surface area contributed by atoms with Gasteiger partial charge in [0.25, 0.3) is 21.6 Å². The number of pyridine rings is 1. The summed E-state index contributed by atoms with van der Waals surface area (Å²) in [4.78, 5) is 40.1. The number of aromatic amines is 1. The van der Waals surface area contributed by atoms with E-state index in [-0.39, 0.29) is 29.3 Å². The first-order chi connectivity index (χ1) is 31.7. The number of fused-ring (bicyclic) bond motifs is 2. The highest BCUT2D eigenvalue weighted by molar-refractivity contribution is 7.90. The molecule has 2 saturated heterocycles. The zero-order valence-electron chi connectivity index (χ0n) is 37.4. The molecule has 16 nitrogen and oxygen atoms in total. The fraction of sp³-hybridized carbons (Fsp3) is 0.417. The van der Waals surface area contributed by atoms with Crippen molar-refractivity contribution in [3.05, 3.63) is 110 Å². The number of carbonyl (C=O) groups is 1. The number of nitrogens with zero attached hydrogens (tertiary/aromatic N) is 5. The molecule has 3 N–H and O–H groups in total. The molecule has 2 fully saturated rings. The van der Waals surface area contributed by atoms with E-state index in [1.807, 2.05) is 35.2 Å². The van der Waals surface area contributed by atoms with Crippen molar-refractivity contribution in [3.63, 3.8) is 0 Å². The Kier molecular flexibility index (Phi) is 13.0. The lowest BCUT2D eigenvalue weighted by atomic mass is 9.72. The lowest BCUT2D eigenvalue weighted by Crippen LogP contribution is -2.47. The first-order valence-corrected chi connectivity index (χ1v) is 24.3. The monoisotopic (exact) mass is 938 g/mol. The maximum atomic E-state index is 14.4. The third kappa shape index (κ3) is 9.86. The first kappa shape index (κ1) is 45.4. The number of anilines is 4. The minimum Gasteiger partial charge on any atom is -0.476 e. The number of hydrogen-bond donors (Lipinski definition) is 3. The van der Waals surface area contributed by atoms with E-state index in [0.29, 0.717) is 62.3 Å². The second-order valence-corrected chi connectivity index (χ2v) is 20.3. The lowest BCUT2D eigenvalue weighted by Gasteiger charge is -2.39. The molecule has 1 aliphatic carbocycles. The Morgan fingerprint density at radius 2 is 1.83 bits per heavy atom. The van der Waals surface area contributed by atoms with Gasteiger partial charge in [0.05, 0.1) is 53.6 Å². The van der Waals surface area contributed by atoms with Gasteiger partial charge in [-0.3, -0.25) is 19.8 Å². The number of H-pyrrole nitrogens is 1. The number of amides is 1. The topological polar surface area (TPSA) is 185 Å². The maximum absolute atomic E-state index is 14.4. The average molecular weight is 940 g/mol. The van der Waals surface area contributed by atoms with Crippen molar-refractivity contribution in [1.82, 2.24) is 19.6 Å². The molecule has 5 aromatic rings. The lowest BCUT2D eigenvalue weighted by molar-refractivity contribution is -0.384. The fourth-order valence-electron chi connectivity index (χ4n) is 9.32. The number of halogens is 1. The third-order valence-corrected chi connectivity index (χ3v) is 14.8. The summed E-state index contributed by atoms with van der Waals surface area (Å²) in [5.74, 6) is -0.503. The van der Waals surface area contributed by atoms with E-state index in [9.17, 15) is 23.3 Å². The van der Waals surface area contributed by atoms with Crippen LogP contribution in [-0.4, -0.2) is 112 Å². The molecule has 1 atom stereocenters. The van der Waals surface area contributed by atoms with Gasteiger partial charge in [0.1, 0.15) is 17.0 Å². The number of piperazine rings is 1. The van der Waals surface area contributed by atoms with Gasteiger partial charge in [-0.15, -0.1) is 0 Å². The molecule has 0 spiro atoms. The Balaban J connectivity index is 0.987. The first-order valence-electron chi connectivity index (χ1n) is 22.5. The highest BCUT2D eigenvalue weighted by Crippen LogP contribution is 2.44. The third-order valence-electron chi connectivity index (χ3n) is 13.0. The molecular formula is C48H55ClN8O8S. The van der Waals surface area contributed by atoms with E-state index < -0.39 is 31.4 Å². The van der Waals surface area contributed by atoms with Crippen LogP contribution in [0, 0.1) is 22.5 Å². The van der Waals surface area contributed by atoms with Crippen LogP contribution in [0.25, 0.3) is 16.6 Å². The fourth-order valence-corrected chi connectivity index (χ4v) is 10.4. The molecular weight excluding hydrogens is 884 g/mol. The summed E-state index contributed by atoms with van der Waals surface area (Å²) in [5.41, 5.74) is 7.83. The Labute approximate surface area is 389 Å². The number of allylic oxidation sites excluding steroid dienone is 1. The van der Waals surface area contributed by atoms with Gasteiger partial charge < -0.3 is 34.3 Å². The standard InChI is InChI=1S/C48H55ClN8O8S/c1-31-23-32(5-9-40(31)49)39-27-48(2,3)13-11-34(39)29-54-16-18-55(19-17-54)35-6-8-38(42(25-35)56-15-4-20-65-47-44(56)24-33-12-14-50-45(33)52-47)46(58)53-66(61,62)37-7-10-41(43(26-37)57(59)60)51-28-36-30-63-21-22-64-36/h5-10,12,14,23-26,36,51H,4,11,13,15-22,27-30H2,1-3H3,(H,50,52)(H,53,58). The van der Waals surface area contributed by atoms with Crippen LogP contribution in [-0.2, 0) is 19.5 Å². The minimum absolute atomic E-state index is 0.0996. The largest absolute Gasteiger partial charge is 0.476 e. The molecule has 0 bridgehead atoms. The van der Waals surface area contributed by atoms with Crippen LogP contribution < -0.4 is 24.6 Å². The Bertz CT molecular complexity index is 2800. The Hall–Kier alpha value is -5.72. The number of aryl methyl sites for hydroxylation is 1. The molecule has 0 saturated carbocycles. The summed E-state index contributed by atoms with van der Waals surface area (Å²) in [5, 5.41) is 16.8. The second-order valence-electron chi connectivity index (χ2n) is 18.3. The van der Waals surface area contributed by atoms with Crippen LogP contribution in [0.5, 0.6) is 5.88 Å². The summed E-state index contributed by atoms with van der Waals surface area (Å²) < 4.78 is 47.3. The molecule has 3 aliphatic heterocycles. The number of nitro groups is 1. The number of aromatic nitrogens is 2. The summed E-state index contributed by atoms with van der Waals surface area (Å²) in [6.07, 6.45) is 5.26. The van der Waals surface area contributed by atoms with Crippen molar-refractivity contribution in [2.24, 2.45) is 5.41 Å². The van der Waals surface area contributed by atoms with Crippen molar-refractivity contribution >= 4 is 72.6 Å². The van der Waals surface area contributed by atoms with Gasteiger partial charge in [0.15, 0.2) is 0 Å². The number of ether oxygens (including phenoxy) is 3. The number of nitro benzene ring substituents is 1. The normalized spacial score (nSPS) is 19.2. The summed E-state index contributed by atoms with van der Waals surface area (Å²) in [6.45, 7) is 13.0. The SMILES string of the molecule is Cc1cc(C2=C(CN3CCN(c4ccc(C(=O)NS(=O)(=O)c5ccc(NCC6COCCO6)c([N+](=O)[O-])c5)c(N5CCCOc6nc7[nH]ccc7cc65)c4)CC3)CCC(C)(C)C2)ccc1Cl. The van der Waals surface area contributed by atoms with Gasteiger partial charge in [-0.05, 0) is 103 Å². The molecule has 3 aromatic carbocycles. The molecule has 2 aromatic heterocycles. The van der Waals surface area contributed by atoms with Crippen molar-refractivity contribution in [1.29, 1.82) is 0 Å². The van der Waals surface area contributed by atoms with Gasteiger partial charge >= 0.3 is 0 Å². The van der Waals surface area contributed by atoms with E-state index in [4.69, 9.17) is 30.8 Å². The summed E-state index contributed by atoms with van der Waals surface area (Å²) in [7, 11) is -4.60. The van der Waals surface area contributed by atoms with Crippen molar-refractivity contribution in [2.75, 3.05) is 87.4 Å². The molecule has 348 valence electrons. The van der Waals surface area contributed by atoms with Crippen LogP contribution >= 0.6 is 11.6 Å². The average Bonchev–Trinajstić information content (AvgIpc) is 3.67. The molecule has 66 heavy (non-hydrogen) atoms. The number of sulfonamides is 1. The molecule has 5 heterocycles. The van der Waals surface area contributed by atoms with Crippen LogP contribution in [0.15, 0.2) is 83.4 Å². The van der Waals surface area contributed by atoms with E-state index in [0.717, 1.165) is 79.7 Å². The highest BCUT2D eigenvalue weighted by Gasteiger charge is 2.32. The molecule has 1 unspecified atom stereocenters. The number of carbonyl (C=O) groups excluding carboxylic acids is 1. The zero-order chi connectivity index (χ0) is 46.2. The number of hydrogen-bond acceptors (Lipinski definition) is 13. The predicted octanol–water partition coefficient (Wildman–Crippen LogP) is 8.09. The van der Waals surface area contributed by atoms with Gasteiger partial charge in [-0.2, -0.15) is 4.98 Å². The molecule has 4 aliphatic rings. The van der Waals surface area contributed by atoms with Crippen LogP contribution in [0.4, 0.5) is 28.4 Å².